The van der Waals surface area contributed by atoms with Crippen LogP contribution < -0.4 is 4.90 Å². The first-order valence-electron chi connectivity index (χ1n) is 10.7. The Morgan fingerprint density at radius 2 is 1.83 bits per heavy atom. The van der Waals surface area contributed by atoms with Crippen molar-refractivity contribution in [2.75, 3.05) is 57.4 Å². The van der Waals surface area contributed by atoms with Gasteiger partial charge in [0, 0.05) is 51.9 Å². The van der Waals surface area contributed by atoms with Gasteiger partial charge in [0.25, 0.3) is 0 Å². The number of rotatable bonds is 4. The number of ether oxygens (including phenoxy) is 1. The highest BCUT2D eigenvalue weighted by Gasteiger charge is 2.31. The first-order valence-corrected chi connectivity index (χ1v) is 12.1. The smallest absolute Gasteiger partial charge is 0.243 e. The van der Waals surface area contributed by atoms with Gasteiger partial charge in [-0.1, -0.05) is 0 Å². The van der Waals surface area contributed by atoms with E-state index < -0.39 is 10.0 Å². The Morgan fingerprint density at radius 3 is 2.52 bits per heavy atom. The summed E-state index contributed by atoms with van der Waals surface area (Å²) in [4.78, 5) is 16.4. The third kappa shape index (κ3) is 4.50. The topological polar surface area (TPSA) is 70.2 Å². The summed E-state index contributed by atoms with van der Waals surface area (Å²) in [5.41, 5.74) is 1.81. The number of carbonyl (C=O) groups excluding carboxylic acids is 1. The number of aryl methyl sites for hydroxylation is 1. The van der Waals surface area contributed by atoms with Crippen LogP contribution >= 0.6 is 0 Å². The molecule has 2 saturated heterocycles. The van der Waals surface area contributed by atoms with Gasteiger partial charge in [-0.15, -0.1) is 0 Å². The van der Waals surface area contributed by atoms with Crippen LogP contribution in [0, 0.1) is 5.92 Å². The normalized spacial score (nSPS) is 22.4. The molecule has 3 heterocycles. The number of benzene rings is 1. The van der Waals surface area contributed by atoms with Crippen LogP contribution in [-0.2, 0) is 26.0 Å². The highest BCUT2D eigenvalue weighted by molar-refractivity contribution is 7.89. The van der Waals surface area contributed by atoms with Gasteiger partial charge < -0.3 is 9.64 Å². The van der Waals surface area contributed by atoms with Crippen molar-refractivity contribution < 1.29 is 17.9 Å². The maximum Gasteiger partial charge on any atom is 0.243 e. The minimum Gasteiger partial charge on any atom is -0.379 e. The van der Waals surface area contributed by atoms with Crippen LogP contribution in [0.4, 0.5) is 5.69 Å². The molecule has 0 aromatic heterocycles. The number of carbonyl (C=O) groups is 1. The second-order valence-electron chi connectivity index (χ2n) is 8.33. The lowest BCUT2D eigenvalue weighted by Crippen LogP contribution is -2.44. The molecule has 0 atom stereocenters. The van der Waals surface area contributed by atoms with Crippen LogP contribution in [0.25, 0.3) is 0 Å². The van der Waals surface area contributed by atoms with Crippen LogP contribution in [0.5, 0.6) is 0 Å². The molecule has 8 heteroatoms. The zero-order valence-corrected chi connectivity index (χ0v) is 18.0. The van der Waals surface area contributed by atoms with Gasteiger partial charge in [-0.05, 0) is 55.4 Å². The van der Waals surface area contributed by atoms with Gasteiger partial charge in [0.05, 0.1) is 18.1 Å². The third-order valence-electron chi connectivity index (χ3n) is 6.38. The second kappa shape index (κ2) is 8.71. The molecular weight excluding hydrogens is 390 g/mol. The van der Waals surface area contributed by atoms with Gasteiger partial charge in [-0.3, -0.25) is 9.69 Å². The zero-order valence-electron chi connectivity index (χ0n) is 17.2. The molecule has 160 valence electrons. The molecule has 0 spiro atoms. The SMILES string of the molecule is CC(=O)N1CCCc2cc(S(=O)(=O)N3CCC(CN4CCOCC4)CC3)ccc21. The lowest BCUT2D eigenvalue weighted by molar-refractivity contribution is -0.116. The quantitative estimate of drug-likeness (QED) is 0.740. The van der Waals surface area contributed by atoms with E-state index >= 15 is 0 Å². The average molecular weight is 422 g/mol. The van der Waals surface area contributed by atoms with E-state index in [-0.39, 0.29) is 5.91 Å². The number of morpholine rings is 1. The monoisotopic (exact) mass is 421 g/mol. The standard InChI is InChI=1S/C21H31N3O4S/c1-17(25)24-8-2-3-19-15-20(4-5-21(19)24)29(26,27)23-9-6-18(7-10-23)16-22-11-13-28-14-12-22/h4-5,15,18H,2-3,6-14,16H2,1H3. The van der Waals surface area contributed by atoms with Gasteiger partial charge >= 0.3 is 0 Å². The molecule has 3 aliphatic heterocycles. The fourth-order valence-electron chi connectivity index (χ4n) is 4.69. The number of sulfonamides is 1. The molecule has 1 aromatic carbocycles. The highest BCUT2D eigenvalue weighted by Crippen LogP contribution is 2.31. The van der Waals surface area contributed by atoms with Crippen molar-refractivity contribution in [3.63, 3.8) is 0 Å². The summed E-state index contributed by atoms with van der Waals surface area (Å²) in [6.45, 7) is 8.00. The number of nitrogens with zero attached hydrogens (tertiary/aromatic N) is 3. The van der Waals surface area contributed by atoms with E-state index in [4.69, 9.17) is 4.74 Å². The molecule has 1 amide bonds. The molecule has 0 bridgehead atoms. The van der Waals surface area contributed by atoms with Crippen LogP contribution in [0.15, 0.2) is 23.1 Å². The molecule has 2 fully saturated rings. The summed E-state index contributed by atoms with van der Waals surface area (Å²) < 4.78 is 33.4. The van der Waals surface area contributed by atoms with Gasteiger partial charge in [0.15, 0.2) is 0 Å². The highest BCUT2D eigenvalue weighted by atomic mass is 32.2. The van der Waals surface area contributed by atoms with Crippen molar-refractivity contribution in [2.45, 2.75) is 37.5 Å². The second-order valence-corrected chi connectivity index (χ2v) is 10.3. The summed E-state index contributed by atoms with van der Waals surface area (Å²) in [7, 11) is -3.49. The number of hydrogen-bond donors (Lipinski definition) is 0. The maximum atomic E-state index is 13.2. The van der Waals surface area contributed by atoms with Crippen LogP contribution in [0.2, 0.25) is 0 Å². The lowest BCUT2D eigenvalue weighted by Gasteiger charge is -2.35. The van der Waals surface area contributed by atoms with Crippen molar-refractivity contribution in [3.8, 4) is 0 Å². The number of hydrogen-bond acceptors (Lipinski definition) is 5. The largest absolute Gasteiger partial charge is 0.379 e. The Morgan fingerprint density at radius 1 is 1.10 bits per heavy atom. The van der Waals surface area contributed by atoms with Crippen molar-refractivity contribution in [1.29, 1.82) is 0 Å². The molecule has 0 aliphatic carbocycles. The Kier molecular flexibility index (Phi) is 6.24. The van der Waals surface area contributed by atoms with Gasteiger partial charge in [-0.25, -0.2) is 8.42 Å². The average Bonchev–Trinajstić information content (AvgIpc) is 2.74. The molecule has 0 radical (unpaired) electrons. The van der Waals surface area contributed by atoms with Gasteiger partial charge in [0.2, 0.25) is 15.9 Å². The molecule has 0 N–H and O–H groups in total. The third-order valence-corrected chi connectivity index (χ3v) is 8.28. The first kappa shape index (κ1) is 20.8. The van der Waals surface area contributed by atoms with E-state index in [1.165, 1.54) is 0 Å². The van der Waals surface area contributed by atoms with E-state index in [0.29, 0.717) is 30.4 Å². The molecule has 29 heavy (non-hydrogen) atoms. The van der Waals surface area contributed by atoms with Crippen molar-refractivity contribution in [1.82, 2.24) is 9.21 Å². The molecule has 0 saturated carbocycles. The van der Waals surface area contributed by atoms with Crippen LogP contribution in [0.1, 0.15) is 31.7 Å². The fourth-order valence-corrected chi connectivity index (χ4v) is 6.21. The Labute approximate surface area is 173 Å². The zero-order chi connectivity index (χ0) is 20.4. The van der Waals surface area contributed by atoms with E-state index in [0.717, 1.165) is 69.8 Å². The number of anilines is 1. The maximum absolute atomic E-state index is 13.2. The van der Waals surface area contributed by atoms with Gasteiger partial charge in [-0.2, -0.15) is 4.31 Å². The summed E-state index contributed by atoms with van der Waals surface area (Å²) in [5, 5.41) is 0. The molecule has 0 unspecified atom stereocenters. The number of piperidine rings is 1. The molecule has 4 rings (SSSR count). The van der Waals surface area contributed by atoms with Crippen molar-refractivity contribution >= 4 is 21.6 Å². The Bertz CT molecular complexity index is 843. The molecule has 7 nitrogen and oxygen atoms in total. The number of amides is 1. The molecule has 1 aromatic rings. The summed E-state index contributed by atoms with van der Waals surface area (Å²) in [6, 6.07) is 5.24. The molecular formula is C21H31N3O4S. The predicted molar refractivity (Wildman–Crippen MR) is 112 cm³/mol. The fraction of sp³-hybridized carbons (Fsp3) is 0.667. The predicted octanol–water partition coefficient (Wildman–Crippen LogP) is 1.72. The minimum atomic E-state index is -3.49. The van der Waals surface area contributed by atoms with E-state index in [1.807, 2.05) is 0 Å². The first-order chi connectivity index (χ1) is 13.9. The number of fused-ring (bicyclic) bond motifs is 1. The minimum absolute atomic E-state index is 0.00361. The summed E-state index contributed by atoms with van der Waals surface area (Å²) in [5.74, 6) is 0.552. The van der Waals surface area contributed by atoms with Gasteiger partial charge in [0.1, 0.15) is 0 Å². The van der Waals surface area contributed by atoms with E-state index in [2.05, 4.69) is 4.90 Å². The summed E-state index contributed by atoms with van der Waals surface area (Å²) >= 11 is 0. The van der Waals surface area contributed by atoms with E-state index in [1.54, 1.807) is 34.3 Å². The Hall–Kier alpha value is -1.48. The lowest BCUT2D eigenvalue weighted by atomic mass is 9.97. The van der Waals surface area contributed by atoms with Crippen LogP contribution in [-0.4, -0.2) is 76.0 Å². The van der Waals surface area contributed by atoms with E-state index in [9.17, 15) is 13.2 Å². The van der Waals surface area contributed by atoms with Crippen molar-refractivity contribution in [2.24, 2.45) is 5.92 Å². The Balaban J connectivity index is 1.42. The molecule has 3 aliphatic rings. The van der Waals surface area contributed by atoms with Crippen LogP contribution in [0.3, 0.4) is 0 Å². The summed E-state index contributed by atoms with van der Waals surface area (Å²) in [6.07, 6.45) is 3.48. The van der Waals surface area contributed by atoms with Crippen molar-refractivity contribution in [3.05, 3.63) is 23.8 Å².